The second-order valence-electron chi connectivity index (χ2n) is 6.16. The predicted molar refractivity (Wildman–Crippen MR) is 98.0 cm³/mol. The van der Waals surface area contributed by atoms with Crippen LogP contribution in [0.5, 0.6) is 0 Å². The van der Waals surface area contributed by atoms with Gasteiger partial charge in [-0.3, -0.25) is 19.5 Å². The molecule has 0 saturated carbocycles. The first-order valence-electron chi connectivity index (χ1n) is 8.19. The molecule has 0 aliphatic carbocycles. The summed E-state index contributed by atoms with van der Waals surface area (Å²) in [6.45, 7) is -0.792. The number of hydrogen-bond donors (Lipinski definition) is 1. The van der Waals surface area contributed by atoms with E-state index in [2.05, 4.69) is 4.99 Å². The number of carboxylic acids is 1. The van der Waals surface area contributed by atoms with E-state index in [4.69, 9.17) is 11.6 Å². The minimum atomic E-state index is -4.66. The number of anilines is 1. The molecular formula is C19H14ClF3N2O3. The smallest absolute Gasteiger partial charge is 0.391 e. The van der Waals surface area contributed by atoms with Gasteiger partial charge in [-0.25, -0.2) is 0 Å². The first-order valence-corrected chi connectivity index (χ1v) is 8.56. The van der Waals surface area contributed by atoms with E-state index in [9.17, 15) is 27.9 Å². The fourth-order valence-corrected chi connectivity index (χ4v) is 3.16. The number of benzene rings is 2. The topological polar surface area (TPSA) is 70.0 Å². The van der Waals surface area contributed by atoms with Crippen molar-refractivity contribution < 1.29 is 27.9 Å². The van der Waals surface area contributed by atoms with Gasteiger partial charge in [-0.2, -0.15) is 13.2 Å². The van der Waals surface area contributed by atoms with Crippen LogP contribution in [-0.4, -0.2) is 41.5 Å². The summed E-state index contributed by atoms with van der Waals surface area (Å²) >= 11 is 6.06. The SMILES string of the molecule is O=C(O)CN1C(=O)C(CC(F)(F)F)N=C(c2ccccc2)c2cc(Cl)ccc21. The van der Waals surface area contributed by atoms with Crippen molar-refractivity contribution in [1.29, 1.82) is 0 Å². The number of fused-ring (bicyclic) bond motifs is 1. The number of carboxylic acid groups (broad SMARTS) is 1. The molecule has 5 nitrogen and oxygen atoms in total. The lowest BCUT2D eigenvalue weighted by Gasteiger charge is -2.24. The first-order chi connectivity index (χ1) is 13.2. The lowest BCUT2D eigenvalue weighted by Crippen LogP contribution is -2.42. The lowest BCUT2D eigenvalue weighted by molar-refractivity contribution is -0.146. The molecule has 2 aromatic carbocycles. The zero-order valence-electron chi connectivity index (χ0n) is 14.3. The zero-order valence-corrected chi connectivity index (χ0v) is 15.0. The minimum absolute atomic E-state index is 0.143. The molecule has 0 spiro atoms. The highest BCUT2D eigenvalue weighted by Crippen LogP contribution is 2.33. The molecule has 146 valence electrons. The second-order valence-corrected chi connectivity index (χ2v) is 6.59. The van der Waals surface area contributed by atoms with E-state index in [1.807, 2.05) is 0 Å². The van der Waals surface area contributed by atoms with E-state index in [1.165, 1.54) is 18.2 Å². The Kier molecular flexibility index (Phi) is 5.42. The molecule has 1 aliphatic heterocycles. The zero-order chi connectivity index (χ0) is 20.5. The average Bonchev–Trinajstić information content (AvgIpc) is 2.71. The maximum Gasteiger partial charge on any atom is 0.391 e. The minimum Gasteiger partial charge on any atom is -0.480 e. The third-order valence-electron chi connectivity index (χ3n) is 4.11. The van der Waals surface area contributed by atoms with Crippen molar-refractivity contribution in [2.24, 2.45) is 4.99 Å². The highest BCUT2D eigenvalue weighted by atomic mass is 35.5. The van der Waals surface area contributed by atoms with Gasteiger partial charge in [0.05, 0.1) is 17.8 Å². The van der Waals surface area contributed by atoms with Gasteiger partial charge < -0.3 is 5.11 Å². The summed E-state index contributed by atoms with van der Waals surface area (Å²) in [5.74, 6) is -2.39. The Morgan fingerprint density at radius 3 is 2.46 bits per heavy atom. The number of halogens is 4. The molecule has 3 rings (SSSR count). The summed E-state index contributed by atoms with van der Waals surface area (Å²) in [5.41, 5.74) is 1.07. The Labute approximate surface area is 163 Å². The molecule has 2 aromatic rings. The van der Waals surface area contributed by atoms with Crippen LogP contribution < -0.4 is 4.90 Å². The highest BCUT2D eigenvalue weighted by molar-refractivity contribution is 6.32. The maximum absolute atomic E-state index is 13.1. The fraction of sp³-hybridized carbons (Fsp3) is 0.211. The van der Waals surface area contributed by atoms with E-state index < -0.39 is 37.1 Å². The molecule has 1 atom stereocenters. The normalized spacial score (nSPS) is 17.0. The second kappa shape index (κ2) is 7.63. The lowest BCUT2D eigenvalue weighted by atomic mass is 10.00. The third-order valence-corrected chi connectivity index (χ3v) is 4.34. The summed E-state index contributed by atoms with van der Waals surface area (Å²) in [6.07, 6.45) is -6.16. The van der Waals surface area contributed by atoms with Crippen molar-refractivity contribution in [2.75, 3.05) is 11.4 Å². The maximum atomic E-state index is 13.1. The average molecular weight is 411 g/mol. The van der Waals surface area contributed by atoms with Crippen LogP contribution in [-0.2, 0) is 9.59 Å². The third kappa shape index (κ3) is 4.33. The summed E-state index contributed by atoms with van der Waals surface area (Å²) in [5, 5.41) is 9.45. The van der Waals surface area contributed by atoms with Crippen LogP contribution in [0.3, 0.4) is 0 Å². The van der Waals surface area contributed by atoms with Crippen LogP contribution >= 0.6 is 11.6 Å². The van der Waals surface area contributed by atoms with Gasteiger partial charge >= 0.3 is 12.1 Å². The predicted octanol–water partition coefficient (Wildman–Crippen LogP) is 3.93. The molecule has 0 aromatic heterocycles. The number of benzodiazepines with no additional fused rings is 1. The Bertz CT molecular complexity index is 945. The van der Waals surface area contributed by atoms with E-state index in [1.54, 1.807) is 30.3 Å². The van der Waals surface area contributed by atoms with Crippen LogP contribution in [0.25, 0.3) is 0 Å². The standard InChI is InChI=1S/C19H14ClF3N2O3/c20-12-6-7-15-13(8-12)17(11-4-2-1-3-5-11)24-14(9-19(21,22)23)18(28)25(15)10-16(26)27/h1-8,14H,9-10H2,(H,26,27). The van der Waals surface area contributed by atoms with Gasteiger partial charge in [0.25, 0.3) is 5.91 Å². The van der Waals surface area contributed by atoms with Crippen LogP contribution in [0.1, 0.15) is 17.5 Å². The van der Waals surface area contributed by atoms with Gasteiger partial charge in [0.1, 0.15) is 12.6 Å². The van der Waals surface area contributed by atoms with Gasteiger partial charge in [0.2, 0.25) is 0 Å². The van der Waals surface area contributed by atoms with Crippen LogP contribution in [0.15, 0.2) is 53.5 Å². The Morgan fingerprint density at radius 1 is 1.18 bits per heavy atom. The monoisotopic (exact) mass is 410 g/mol. The number of alkyl halides is 3. The highest BCUT2D eigenvalue weighted by Gasteiger charge is 2.40. The van der Waals surface area contributed by atoms with E-state index in [0.29, 0.717) is 5.56 Å². The summed E-state index contributed by atoms with van der Waals surface area (Å²) in [6, 6.07) is 10.9. The number of amides is 1. The van der Waals surface area contributed by atoms with Crippen LogP contribution in [0, 0.1) is 0 Å². The Balaban J connectivity index is 2.25. The van der Waals surface area contributed by atoms with Crippen LogP contribution in [0.2, 0.25) is 5.02 Å². The molecular weight excluding hydrogens is 397 g/mol. The number of carbonyl (C=O) groups excluding carboxylic acids is 1. The largest absolute Gasteiger partial charge is 0.480 e. The van der Waals surface area contributed by atoms with Gasteiger partial charge in [-0.05, 0) is 18.2 Å². The molecule has 1 aliphatic rings. The molecule has 1 amide bonds. The van der Waals surface area contributed by atoms with Gasteiger partial charge in [-0.1, -0.05) is 41.9 Å². The van der Waals surface area contributed by atoms with Gasteiger partial charge in [0.15, 0.2) is 0 Å². The molecule has 0 saturated heterocycles. The molecule has 0 radical (unpaired) electrons. The van der Waals surface area contributed by atoms with Crippen molar-refractivity contribution in [1.82, 2.24) is 0 Å². The van der Waals surface area contributed by atoms with Gasteiger partial charge in [0, 0.05) is 16.1 Å². The summed E-state index contributed by atoms with van der Waals surface area (Å²) in [4.78, 5) is 29.0. The van der Waals surface area contributed by atoms with Crippen molar-refractivity contribution >= 4 is 34.9 Å². The number of carbonyl (C=O) groups is 2. The first kappa shape index (κ1) is 19.9. The number of hydrogen-bond acceptors (Lipinski definition) is 3. The number of nitrogens with zero attached hydrogens (tertiary/aromatic N) is 2. The van der Waals surface area contributed by atoms with Crippen molar-refractivity contribution in [3.05, 3.63) is 64.7 Å². The van der Waals surface area contributed by atoms with Gasteiger partial charge in [-0.15, -0.1) is 0 Å². The quantitative estimate of drug-likeness (QED) is 0.830. The van der Waals surface area contributed by atoms with E-state index in [-0.39, 0.29) is 22.0 Å². The van der Waals surface area contributed by atoms with Crippen LogP contribution in [0.4, 0.5) is 18.9 Å². The molecule has 0 fully saturated rings. The van der Waals surface area contributed by atoms with Crippen molar-refractivity contribution in [2.45, 2.75) is 18.6 Å². The molecule has 1 N–H and O–H groups in total. The number of rotatable bonds is 4. The number of aliphatic carboxylic acids is 1. The fourth-order valence-electron chi connectivity index (χ4n) is 2.99. The molecule has 28 heavy (non-hydrogen) atoms. The summed E-state index contributed by atoms with van der Waals surface area (Å²) < 4.78 is 39.2. The molecule has 0 bridgehead atoms. The van der Waals surface area contributed by atoms with Crippen molar-refractivity contribution in [3.8, 4) is 0 Å². The van der Waals surface area contributed by atoms with E-state index >= 15 is 0 Å². The Morgan fingerprint density at radius 2 is 1.86 bits per heavy atom. The summed E-state index contributed by atoms with van der Waals surface area (Å²) in [7, 11) is 0. The van der Waals surface area contributed by atoms with Crippen molar-refractivity contribution in [3.63, 3.8) is 0 Å². The molecule has 1 unspecified atom stereocenters. The van der Waals surface area contributed by atoms with E-state index in [0.717, 1.165) is 4.90 Å². The molecule has 9 heteroatoms. The number of aliphatic imine (C=N–C) groups is 1. The molecule has 1 heterocycles. The Hall–Kier alpha value is -2.87.